The second kappa shape index (κ2) is 8.71. The van der Waals surface area contributed by atoms with Gasteiger partial charge in [-0.3, -0.25) is 4.79 Å². The molecule has 0 saturated heterocycles. The van der Waals surface area contributed by atoms with Gasteiger partial charge < -0.3 is 15.8 Å². The summed E-state index contributed by atoms with van der Waals surface area (Å²) in [5.41, 5.74) is 6.33. The molecule has 2 rings (SSSR count). The molecule has 0 aliphatic rings. The van der Waals surface area contributed by atoms with Gasteiger partial charge in [-0.25, -0.2) is 18.8 Å². The molecule has 0 aliphatic carbocycles. The molecular formula is C18H17F2N5O2. The van der Waals surface area contributed by atoms with Gasteiger partial charge in [-0.1, -0.05) is 0 Å². The van der Waals surface area contributed by atoms with Crippen molar-refractivity contribution in [3.63, 3.8) is 0 Å². The maximum Gasteiger partial charge on any atom is 0.281 e. The SMILES string of the molecule is C/N=C(/N)OCCc1cc(NC(=O)c2ncc(C#N)cc2C)cc(F)c1F. The maximum atomic E-state index is 13.9. The van der Waals surface area contributed by atoms with Crippen LogP contribution in [0, 0.1) is 29.9 Å². The van der Waals surface area contributed by atoms with E-state index in [-0.39, 0.29) is 36.0 Å². The van der Waals surface area contributed by atoms with Gasteiger partial charge >= 0.3 is 0 Å². The molecule has 27 heavy (non-hydrogen) atoms. The maximum absolute atomic E-state index is 13.9. The minimum absolute atomic E-state index is 0.00673. The van der Waals surface area contributed by atoms with Crippen LogP contribution in [0.2, 0.25) is 0 Å². The number of benzene rings is 1. The number of amidine groups is 1. The number of nitrogens with one attached hydrogen (secondary N) is 1. The smallest absolute Gasteiger partial charge is 0.281 e. The van der Waals surface area contributed by atoms with Gasteiger partial charge in [0, 0.05) is 31.4 Å². The Kier molecular flexibility index (Phi) is 6.38. The third kappa shape index (κ3) is 4.98. The average molecular weight is 373 g/mol. The highest BCUT2D eigenvalue weighted by molar-refractivity contribution is 6.03. The Morgan fingerprint density at radius 2 is 2.15 bits per heavy atom. The molecule has 0 radical (unpaired) electrons. The number of ether oxygens (including phenoxy) is 1. The molecule has 7 nitrogen and oxygen atoms in total. The number of nitrogens with two attached hydrogens (primary N) is 1. The van der Waals surface area contributed by atoms with E-state index in [1.165, 1.54) is 25.4 Å². The van der Waals surface area contributed by atoms with E-state index >= 15 is 0 Å². The van der Waals surface area contributed by atoms with E-state index in [9.17, 15) is 13.6 Å². The van der Waals surface area contributed by atoms with E-state index in [2.05, 4.69) is 15.3 Å². The normalized spacial score (nSPS) is 11.0. The fourth-order valence-corrected chi connectivity index (χ4v) is 2.29. The van der Waals surface area contributed by atoms with Crippen molar-refractivity contribution in [2.75, 3.05) is 19.0 Å². The van der Waals surface area contributed by atoms with E-state index in [1.807, 2.05) is 6.07 Å². The molecule has 1 aromatic carbocycles. The number of hydrogen-bond acceptors (Lipinski definition) is 5. The number of anilines is 1. The summed E-state index contributed by atoms with van der Waals surface area (Å²) in [6.45, 7) is 1.61. The number of pyridine rings is 1. The van der Waals surface area contributed by atoms with Crippen LogP contribution >= 0.6 is 0 Å². The van der Waals surface area contributed by atoms with Gasteiger partial charge in [0.05, 0.1) is 12.2 Å². The first-order valence-electron chi connectivity index (χ1n) is 7.86. The van der Waals surface area contributed by atoms with Crippen molar-refractivity contribution < 1.29 is 18.3 Å². The number of aliphatic imine (C=N–C) groups is 1. The van der Waals surface area contributed by atoms with Crippen LogP contribution in [-0.4, -0.2) is 30.6 Å². The number of nitrogens with zero attached hydrogens (tertiary/aromatic N) is 3. The van der Waals surface area contributed by atoms with Gasteiger partial charge in [-0.05, 0) is 30.2 Å². The zero-order valence-corrected chi connectivity index (χ0v) is 14.7. The van der Waals surface area contributed by atoms with E-state index in [1.54, 1.807) is 6.92 Å². The Bertz CT molecular complexity index is 938. The second-order valence-corrected chi connectivity index (χ2v) is 5.55. The predicted molar refractivity (Wildman–Crippen MR) is 95.2 cm³/mol. The molecule has 1 amide bonds. The molecule has 0 fully saturated rings. The molecular weight excluding hydrogens is 356 g/mol. The summed E-state index contributed by atoms with van der Waals surface area (Å²) < 4.78 is 32.8. The van der Waals surface area contributed by atoms with Crippen LogP contribution < -0.4 is 11.1 Å². The largest absolute Gasteiger partial charge is 0.465 e. The van der Waals surface area contributed by atoms with Crippen LogP contribution in [0.3, 0.4) is 0 Å². The highest BCUT2D eigenvalue weighted by atomic mass is 19.2. The van der Waals surface area contributed by atoms with Crippen LogP contribution in [0.25, 0.3) is 0 Å². The molecule has 1 heterocycles. The van der Waals surface area contributed by atoms with Crippen molar-refractivity contribution in [1.82, 2.24) is 4.98 Å². The standard InChI is InChI=1S/C18H17F2N5O2/c1-10-5-11(8-21)9-24-16(10)17(26)25-13-6-12(15(20)14(19)7-13)3-4-27-18(22)23-2/h5-7,9H,3-4H2,1-2H3,(H2,22,23)(H,25,26). The van der Waals surface area contributed by atoms with Gasteiger partial charge in [0.1, 0.15) is 11.8 Å². The van der Waals surface area contributed by atoms with Gasteiger partial charge in [-0.2, -0.15) is 5.26 Å². The number of halogens is 2. The molecule has 0 atom stereocenters. The average Bonchev–Trinajstić information content (AvgIpc) is 2.64. The first-order chi connectivity index (χ1) is 12.8. The van der Waals surface area contributed by atoms with Gasteiger partial charge in [0.2, 0.25) is 0 Å². The Morgan fingerprint density at radius 3 is 2.78 bits per heavy atom. The third-order valence-corrected chi connectivity index (χ3v) is 3.63. The lowest BCUT2D eigenvalue weighted by Crippen LogP contribution is -2.18. The molecule has 9 heteroatoms. The Labute approximate surface area is 154 Å². The minimum Gasteiger partial charge on any atom is -0.465 e. The van der Waals surface area contributed by atoms with Crippen LogP contribution in [0.5, 0.6) is 0 Å². The van der Waals surface area contributed by atoms with Crippen molar-refractivity contribution >= 4 is 17.6 Å². The lowest BCUT2D eigenvalue weighted by Gasteiger charge is -2.11. The van der Waals surface area contributed by atoms with Gasteiger partial charge in [-0.15, -0.1) is 0 Å². The lowest BCUT2D eigenvalue weighted by atomic mass is 10.1. The summed E-state index contributed by atoms with van der Waals surface area (Å²) in [5, 5.41) is 11.3. The third-order valence-electron chi connectivity index (χ3n) is 3.63. The molecule has 0 saturated carbocycles. The molecule has 1 aromatic heterocycles. The number of carbonyl (C=O) groups is 1. The van der Waals surface area contributed by atoms with Crippen LogP contribution in [0.15, 0.2) is 29.4 Å². The van der Waals surface area contributed by atoms with Crippen molar-refractivity contribution in [1.29, 1.82) is 5.26 Å². The summed E-state index contributed by atoms with van der Waals surface area (Å²) >= 11 is 0. The predicted octanol–water partition coefficient (Wildman–Crippen LogP) is 2.30. The Morgan fingerprint density at radius 1 is 1.41 bits per heavy atom. The van der Waals surface area contributed by atoms with Crippen molar-refractivity contribution in [3.8, 4) is 6.07 Å². The van der Waals surface area contributed by atoms with E-state index in [4.69, 9.17) is 15.7 Å². The molecule has 0 spiro atoms. The lowest BCUT2D eigenvalue weighted by molar-refractivity contribution is 0.102. The summed E-state index contributed by atoms with van der Waals surface area (Å²) in [4.78, 5) is 19.9. The first-order valence-corrected chi connectivity index (χ1v) is 7.86. The molecule has 0 aliphatic heterocycles. The zero-order chi connectivity index (χ0) is 20.0. The van der Waals surface area contributed by atoms with E-state index < -0.39 is 17.5 Å². The van der Waals surface area contributed by atoms with Crippen molar-refractivity contribution in [2.24, 2.45) is 10.7 Å². The number of aryl methyl sites for hydroxylation is 1. The number of carbonyl (C=O) groups excluding carboxylic acids is 1. The topological polar surface area (TPSA) is 113 Å². The molecule has 140 valence electrons. The van der Waals surface area contributed by atoms with Crippen LogP contribution in [0.1, 0.15) is 27.2 Å². The molecule has 2 aromatic rings. The Balaban J connectivity index is 2.19. The van der Waals surface area contributed by atoms with Crippen molar-refractivity contribution in [2.45, 2.75) is 13.3 Å². The molecule has 0 unspecified atom stereocenters. The zero-order valence-electron chi connectivity index (χ0n) is 14.7. The molecule has 3 N–H and O–H groups in total. The number of hydrogen-bond donors (Lipinski definition) is 2. The summed E-state index contributed by atoms with van der Waals surface area (Å²) in [6.07, 6.45) is 1.28. The number of amides is 1. The number of rotatable bonds is 5. The van der Waals surface area contributed by atoms with Crippen LogP contribution in [-0.2, 0) is 11.2 Å². The van der Waals surface area contributed by atoms with Crippen LogP contribution in [0.4, 0.5) is 14.5 Å². The summed E-state index contributed by atoms with van der Waals surface area (Å²) in [5.74, 6) is -2.74. The molecule has 0 bridgehead atoms. The fraction of sp³-hybridized carbons (Fsp3) is 0.222. The van der Waals surface area contributed by atoms with Gasteiger partial charge in [0.25, 0.3) is 11.9 Å². The highest BCUT2D eigenvalue weighted by Gasteiger charge is 2.16. The summed E-state index contributed by atoms with van der Waals surface area (Å²) in [6, 6.07) is 5.54. The monoisotopic (exact) mass is 373 g/mol. The number of nitriles is 1. The highest BCUT2D eigenvalue weighted by Crippen LogP contribution is 2.20. The summed E-state index contributed by atoms with van der Waals surface area (Å²) in [7, 11) is 1.44. The quantitative estimate of drug-likeness (QED) is 0.617. The van der Waals surface area contributed by atoms with E-state index in [0.717, 1.165) is 6.07 Å². The first kappa shape index (κ1) is 19.8. The van der Waals surface area contributed by atoms with Crippen molar-refractivity contribution in [3.05, 3.63) is 58.4 Å². The second-order valence-electron chi connectivity index (χ2n) is 5.55. The fourth-order valence-electron chi connectivity index (χ4n) is 2.29. The van der Waals surface area contributed by atoms with Gasteiger partial charge in [0.15, 0.2) is 11.6 Å². The van der Waals surface area contributed by atoms with E-state index in [0.29, 0.717) is 11.1 Å². The Hall–Kier alpha value is -3.54. The minimum atomic E-state index is -1.11. The number of aromatic nitrogens is 1.